The fourth-order valence-corrected chi connectivity index (χ4v) is 3.03. The molecule has 0 saturated heterocycles. The molecule has 0 saturated carbocycles. The summed E-state index contributed by atoms with van der Waals surface area (Å²) >= 11 is 2.30. The van der Waals surface area contributed by atoms with E-state index in [2.05, 4.69) is 83.4 Å². The van der Waals surface area contributed by atoms with E-state index in [0.717, 1.165) is 33.8 Å². The summed E-state index contributed by atoms with van der Waals surface area (Å²) in [4.78, 5) is 9.53. The van der Waals surface area contributed by atoms with Crippen molar-refractivity contribution in [2.75, 3.05) is 5.32 Å². The smallest absolute Gasteiger partial charge is 0.162 e. The molecule has 1 aromatic heterocycles. The van der Waals surface area contributed by atoms with Crippen molar-refractivity contribution in [3.63, 3.8) is 0 Å². The van der Waals surface area contributed by atoms with Gasteiger partial charge < -0.3 is 5.32 Å². The maximum absolute atomic E-state index is 4.79. The number of aromatic nitrogens is 2. The number of aryl methyl sites for hydroxylation is 1. The van der Waals surface area contributed by atoms with Gasteiger partial charge in [0.15, 0.2) is 5.82 Å². The number of para-hydroxylation sites is 1. The van der Waals surface area contributed by atoms with Gasteiger partial charge in [0.25, 0.3) is 0 Å². The van der Waals surface area contributed by atoms with Crippen LogP contribution in [0.3, 0.4) is 0 Å². The highest BCUT2D eigenvalue weighted by Gasteiger charge is 2.09. The Morgan fingerprint density at radius 2 is 1.52 bits per heavy atom. The minimum absolute atomic E-state index is 0.728. The molecule has 4 aromatic rings. The van der Waals surface area contributed by atoms with Crippen LogP contribution in [0.15, 0.2) is 72.8 Å². The van der Waals surface area contributed by atoms with Crippen LogP contribution in [0, 0.1) is 10.5 Å². The number of hydrogen-bond acceptors (Lipinski definition) is 3. The van der Waals surface area contributed by atoms with Crippen molar-refractivity contribution >= 4 is 45.0 Å². The normalized spacial score (nSPS) is 10.8. The Balaban J connectivity index is 1.83. The van der Waals surface area contributed by atoms with Crippen molar-refractivity contribution in [3.8, 4) is 11.4 Å². The van der Waals surface area contributed by atoms with E-state index in [-0.39, 0.29) is 0 Å². The molecule has 122 valence electrons. The number of rotatable bonds is 3. The second-order valence-corrected chi connectivity index (χ2v) is 7.16. The molecule has 0 spiro atoms. The Labute approximate surface area is 160 Å². The van der Waals surface area contributed by atoms with Gasteiger partial charge in [-0.25, -0.2) is 9.97 Å². The van der Waals surface area contributed by atoms with Gasteiger partial charge in [0.05, 0.1) is 5.52 Å². The number of halogens is 1. The third-order valence-corrected chi connectivity index (χ3v) is 4.74. The second kappa shape index (κ2) is 6.80. The molecule has 4 heteroatoms. The number of anilines is 2. The third kappa shape index (κ3) is 3.49. The van der Waals surface area contributed by atoms with Crippen molar-refractivity contribution in [2.24, 2.45) is 0 Å². The summed E-state index contributed by atoms with van der Waals surface area (Å²) in [5.41, 5.74) is 4.18. The molecule has 0 aliphatic heterocycles. The van der Waals surface area contributed by atoms with Crippen molar-refractivity contribution in [1.29, 1.82) is 0 Å². The molecule has 0 unspecified atom stereocenters. The number of fused-ring (bicyclic) bond motifs is 1. The maximum atomic E-state index is 4.79. The fourth-order valence-electron chi connectivity index (χ4n) is 2.67. The van der Waals surface area contributed by atoms with E-state index in [1.807, 2.05) is 24.3 Å². The molecule has 1 N–H and O–H groups in total. The van der Waals surface area contributed by atoms with E-state index in [1.165, 1.54) is 9.13 Å². The van der Waals surface area contributed by atoms with Crippen LogP contribution in [-0.4, -0.2) is 9.97 Å². The average molecular weight is 437 g/mol. The van der Waals surface area contributed by atoms with E-state index in [4.69, 9.17) is 9.97 Å². The lowest BCUT2D eigenvalue weighted by Crippen LogP contribution is -1.99. The molecule has 3 aromatic carbocycles. The highest BCUT2D eigenvalue weighted by Crippen LogP contribution is 2.27. The Bertz CT molecular complexity index is 1030. The zero-order chi connectivity index (χ0) is 17.2. The summed E-state index contributed by atoms with van der Waals surface area (Å²) in [6.45, 7) is 2.08. The summed E-state index contributed by atoms with van der Waals surface area (Å²) in [5.74, 6) is 1.55. The molecule has 3 nitrogen and oxygen atoms in total. The lowest BCUT2D eigenvalue weighted by atomic mass is 10.1. The molecule has 0 bridgehead atoms. The Hall–Kier alpha value is -2.47. The first-order chi connectivity index (χ1) is 12.2. The van der Waals surface area contributed by atoms with Crippen LogP contribution in [0.1, 0.15) is 5.56 Å². The lowest BCUT2D eigenvalue weighted by Gasteiger charge is -2.11. The van der Waals surface area contributed by atoms with E-state index in [9.17, 15) is 0 Å². The Kier molecular flexibility index (Phi) is 4.36. The molecular formula is C21H16IN3. The maximum Gasteiger partial charge on any atom is 0.162 e. The molecular weight excluding hydrogens is 421 g/mol. The molecule has 0 amide bonds. The number of benzene rings is 3. The molecule has 0 aliphatic rings. The van der Waals surface area contributed by atoms with Crippen LogP contribution in [0.4, 0.5) is 11.5 Å². The summed E-state index contributed by atoms with van der Waals surface area (Å²) < 4.78 is 1.20. The Morgan fingerprint density at radius 3 is 2.28 bits per heavy atom. The molecule has 0 atom stereocenters. The number of nitrogens with one attached hydrogen (secondary N) is 1. The highest BCUT2D eigenvalue weighted by molar-refractivity contribution is 14.1. The van der Waals surface area contributed by atoms with Crippen LogP contribution in [0.5, 0.6) is 0 Å². The lowest BCUT2D eigenvalue weighted by molar-refractivity contribution is 1.22. The molecule has 1 heterocycles. The molecule has 0 aliphatic carbocycles. The summed E-state index contributed by atoms with van der Waals surface area (Å²) in [6.07, 6.45) is 0. The van der Waals surface area contributed by atoms with Crippen molar-refractivity contribution < 1.29 is 0 Å². The van der Waals surface area contributed by atoms with E-state index in [1.54, 1.807) is 0 Å². The first kappa shape index (κ1) is 16.0. The molecule has 25 heavy (non-hydrogen) atoms. The minimum Gasteiger partial charge on any atom is -0.340 e. The molecule has 0 radical (unpaired) electrons. The van der Waals surface area contributed by atoms with Gasteiger partial charge in [-0.1, -0.05) is 42.0 Å². The van der Waals surface area contributed by atoms with Gasteiger partial charge in [0, 0.05) is 20.2 Å². The number of hydrogen-bond donors (Lipinski definition) is 1. The second-order valence-electron chi connectivity index (χ2n) is 5.91. The quantitative estimate of drug-likeness (QED) is 0.403. The zero-order valence-electron chi connectivity index (χ0n) is 13.7. The summed E-state index contributed by atoms with van der Waals surface area (Å²) in [5, 5.41) is 4.45. The van der Waals surface area contributed by atoms with Gasteiger partial charge >= 0.3 is 0 Å². The van der Waals surface area contributed by atoms with E-state index < -0.39 is 0 Å². The van der Waals surface area contributed by atoms with Gasteiger partial charge in [-0.05, 0) is 65.9 Å². The first-order valence-corrected chi connectivity index (χ1v) is 9.13. The van der Waals surface area contributed by atoms with Gasteiger partial charge in [-0.15, -0.1) is 0 Å². The van der Waals surface area contributed by atoms with Crippen LogP contribution >= 0.6 is 22.6 Å². The van der Waals surface area contributed by atoms with Crippen LogP contribution in [0.25, 0.3) is 22.3 Å². The number of nitrogens with zero attached hydrogens (tertiary/aromatic N) is 2. The average Bonchev–Trinajstić information content (AvgIpc) is 2.64. The van der Waals surface area contributed by atoms with E-state index >= 15 is 0 Å². The fraction of sp³-hybridized carbons (Fsp3) is 0.0476. The monoisotopic (exact) mass is 437 g/mol. The van der Waals surface area contributed by atoms with Gasteiger partial charge in [0.1, 0.15) is 5.82 Å². The summed E-state index contributed by atoms with van der Waals surface area (Å²) in [6, 6.07) is 24.6. The van der Waals surface area contributed by atoms with Crippen molar-refractivity contribution in [3.05, 3.63) is 81.9 Å². The van der Waals surface area contributed by atoms with Crippen LogP contribution < -0.4 is 5.32 Å². The highest BCUT2D eigenvalue weighted by atomic mass is 127. The zero-order valence-corrected chi connectivity index (χ0v) is 15.9. The largest absolute Gasteiger partial charge is 0.340 e. The van der Waals surface area contributed by atoms with Gasteiger partial charge in [-0.2, -0.15) is 0 Å². The van der Waals surface area contributed by atoms with E-state index in [0.29, 0.717) is 0 Å². The third-order valence-electron chi connectivity index (χ3n) is 4.02. The van der Waals surface area contributed by atoms with Gasteiger partial charge in [0.2, 0.25) is 0 Å². The summed E-state index contributed by atoms with van der Waals surface area (Å²) in [7, 11) is 0. The predicted molar refractivity (Wildman–Crippen MR) is 112 cm³/mol. The topological polar surface area (TPSA) is 37.8 Å². The SMILES string of the molecule is Cc1ccc(-c2nc(Nc3ccc(I)cc3)c3ccccc3n2)cc1. The molecule has 0 fully saturated rings. The van der Waals surface area contributed by atoms with Crippen LogP contribution in [0.2, 0.25) is 0 Å². The first-order valence-electron chi connectivity index (χ1n) is 8.05. The van der Waals surface area contributed by atoms with Crippen molar-refractivity contribution in [2.45, 2.75) is 6.92 Å². The van der Waals surface area contributed by atoms with Gasteiger partial charge in [-0.3, -0.25) is 0 Å². The minimum atomic E-state index is 0.728. The van der Waals surface area contributed by atoms with Crippen molar-refractivity contribution in [1.82, 2.24) is 9.97 Å². The Morgan fingerprint density at radius 1 is 0.800 bits per heavy atom. The standard InChI is InChI=1S/C21H16IN3/c1-14-6-8-15(9-7-14)20-24-19-5-3-2-4-18(19)21(25-20)23-17-12-10-16(22)11-13-17/h2-13H,1H3,(H,23,24,25). The molecule has 4 rings (SSSR count). The predicted octanol–water partition coefficient (Wildman–Crippen LogP) is 5.95. The van der Waals surface area contributed by atoms with Crippen LogP contribution in [-0.2, 0) is 0 Å².